The van der Waals surface area contributed by atoms with E-state index in [2.05, 4.69) is 21.3 Å². The standard InChI is InChI=1S/C27H51N5O7S2/c1-4-38-19-20-39-27(37)32(17-15-30-23(33)11-7-5-9-13-28-25(35)21-40-2)18-16-31-24(34)12-8-6-10-14-29-26(36)22-41-3/h4-22H2,1-3H3,(H,28,35)(H,29,36)(H,30,33)(H,31,34). The molecule has 0 aromatic rings. The van der Waals surface area contributed by atoms with Crippen molar-refractivity contribution in [1.29, 1.82) is 0 Å². The number of rotatable bonds is 26. The molecule has 0 rings (SSSR count). The highest BCUT2D eigenvalue weighted by atomic mass is 32.2. The Morgan fingerprint density at radius 1 is 0.610 bits per heavy atom. The van der Waals surface area contributed by atoms with Gasteiger partial charge in [-0.2, -0.15) is 23.5 Å². The van der Waals surface area contributed by atoms with E-state index in [4.69, 9.17) is 9.47 Å². The van der Waals surface area contributed by atoms with Crippen LogP contribution in [0.1, 0.15) is 58.3 Å². The number of hydrogen-bond donors (Lipinski definition) is 4. The van der Waals surface area contributed by atoms with Crippen LogP contribution in [0.4, 0.5) is 4.79 Å². The van der Waals surface area contributed by atoms with Gasteiger partial charge in [0.2, 0.25) is 23.6 Å². The fraction of sp³-hybridized carbons (Fsp3) is 0.815. The monoisotopic (exact) mass is 621 g/mol. The van der Waals surface area contributed by atoms with Crippen molar-refractivity contribution >= 4 is 53.2 Å². The third-order valence-electron chi connectivity index (χ3n) is 5.68. The predicted molar refractivity (Wildman–Crippen MR) is 165 cm³/mol. The highest BCUT2D eigenvalue weighted by molar-refractivity contribution is 7.99. The zero-order valence-corrected chi connectivity index (χ0v) is 26.7. The minimum Gasteiger partial charge on any atom is -0.447 e. The van der Waals surface area contributed by atoms with Crippen molar-refractivity contribution in [3.05, 3.63) is 0 Å². The van der Waals surface area contributed by atoms with E-state index in [0.717, 1.165) is 25.7 Å². The van der Waals surface area contributed by atoms with Gasteiger partial charge in [-0.05, 0) is 45.1 Å². The molecule has 0 spiro atoms. The van der Waals surface area contributed by atoms with Gasteiger partial charge in [-0.25, -0.2) is 4.79 Å². The third kappa shape index (κ3) is 25.3. The fourth-order valence-corrected chi connectivity index (χ4v) is 4.28. The second-order valence-electron chi connectivity index (χ2n) is 9.19. The average Bonchev–Trinajstić information content (AvgIpc) is 2.94. The molecule has 0 saturated carbocycles. The van der Waals surface area contributed by atoms with Crippen LogP contribution in [0, 0.1) is 0 Å². The summed E-state index contributed by atoms with van der Waals surface area (Å²) in [6.45, 7) is 5.05. The number of nitrogens with one attached hydrogen (secondary N) is 4. The lowest BCUT2D eigenvalue weighted by Crippen LogP contribution is -2.43. The minimum absolute atomic E-state index is 0.0242. The van der Waals surface area contributed by atoms with Gasteiger partial charge in [0, 0.05) is 58.7 Å². The Hall–Kier alpha value is -2.19. The summed E-state index contributed by atoms with van der Waals surface area (Å²) in [5.74, 6) is 0.755. The van der Waals surface area contributed by atoms with Crippen molar-refractivity contribution in [2.45, 2.75) is 58.3 Å². The van der Waals surface area contributed by atoms with E-state index >= 15 is 0 Å². The first kappa shape index (κ1) is 38.8. The van der Waals surface area contributed by atoms with Gasteiger partial charge in [0.05, 0.1) is 18.1 Å². The van der Waals surface area contributed by atoms with Crippen LogP contribution in [0.25, 0.3) is 0 Å². The molecule has 0 bridgehead atoms. The molecule has 41 heavy (non-hydrogen) atoms. The molecule has 0 atom stereocenters. The van der Waals surface area contributed by atoms with E-state index in [1.807, 2.05) is 19.4 Å². The first-order valence-electron chi connectivity index (χ1n) is 14.4. The van der Waals surface area contributed by atoms with Gasteiger partial charge in [-0.15, -0.1) is 0 Å². The zero-order valence-electron chi connectivity index (χ0n) is 25.1. The molecule has 4 N–H and O–H groups in total. The van der Waals surface area contributed by atoms with Gasteiger partial charge in [-0.1, -0.05) is 12.8 Å². The molecule has 0 aliphatic carbocycles. The van der Waals surface area contributed by atoms with Gasteiger partial charge in [0.1, 0.15) is 6.61 Å². The molecule has 0 unspecified atom stereocenters. The Bertz CT molecular complexity index is 699. The first-order chi connectivity index (χ1) is 19.8. The molecule has 0 fully saturated rings. The second kappa shape index (κ2) is 28.0. The van der Waals surface area contributed by atoms with Crippen LogP contribution in [-0.2, 0) is 28.7 Å². The maximum absolute atomic E-state index is 12.5. The van der Waals surface area contributed by atoms with Gasteiger partial charge in [0.15, 0.2) is 0 Å². The molecular weight excluding hydrogens is 570 g/mol. The number of hydrogen-bond acceptors (Lipinski definition) is 9. The van der Waals surface area contributed by atoms with E-state index in [1.54, 1.807) is 0 Å². The van der Waals surface area contributed by atoms with E-state index in [-0.39, 0.29) is 56.4 Å². The number of amides is 5. The van der Waals surface area contributed by atoms with Crippen molar-refractivity contribution in [2.24, 2.45) is 0 Å². The molecule has 0 aliphatic heterocycles. The number of unbranched alkanes of at least 4 members (excludes halogenated alkanes) is 4. The summed E-state index contributed by atoms with van der Waals surface area (Å²) in [5, 5.41) is 11.3. The molecule has 0 heterocycles. The SMILES string of the molecule is CCOCCOC(=O)N(CCNC(=O)CCCCCNC(=O)CSC)CCNC(=O)CCCCCNC(=O)CSC. The molecule has 238 valence electrons. The molecule has 0 aromatic heterocycles. The largest absolute Gasteiger partial charge is 0.447 e. The van der Waals surface area contributed by atoms with Crippen molar-refractivity contribution in [3.63, 3.8) is 0 Å². The summed E-state index contributed by atoms with van der Waals surface area (Å²) >= 11 is 2.96. The van der Waals surface area contributed by atoms with E-state index in [0.29, 0.717) is 63.5 Å². The predicted octanol–water partition coefficient (Wildman–Crippen LogP) is 1.77. The smallest absolute Gasteiger partial charge is 0.409 e. The Morgan fingerprint density at radius 2 is 1.07 bits per heavy atom. The Morgan fingerprint density at radius 3 is 1.51 bits per heavy atom. The molecule has 0 aromatic carbocycles. The maximum atomic E-state index is 12.5. The lowest BCUT2D eigenvalue weighted by atomic mass is 10.2. The minimum atomic E-state index is -0.528. The van der Waals surface area contributed by atoms with Crippen LogP contribution in [0.2, 0.25) is 0 Å². The molecule has 14 heteroatoms. The summed E-state index contributed by atoms with van der Waals surface area (Å²) < 4.78 is 10.5. The van der Waals surface area contributed by atoms with Crippen molar-refractivity contribution in [2.75, 3.05) is 83.1 Å². The van der Waals surface area contributed by atoms with E-state index in [9.17, 15) is 24.0 Å². The molecule has 0 radical (unpaired) electrons. The molecular formula is C27H51N5O7S2. The maximum Gasteiger partial charge on any atom is 0.409 e. The highest BCUT2D eigenvalue weighted by Crippen LogP contribution is 2.01. The van der Waals surface area contributed by atoms with Crippen molar-refractivity contribution < 1.29 is 33.4 Å². The summed E-state index contributed by atoms with van der Waals surface area (Å²) in [6, 6.07) is 0. The fourth-order valence-electron chi connectivity index (χ4n) is 3.55. The van der Waals surface area contributed by atoms with Gasteiger partial charge >= 0.3 is 6.09 Å². The molecule has 5 amide bonds. The third-order valence-corrected chi connectivity index (χ3v) is 6.78. The summed E-state index contributed by atoms with van der Waals surface area (Å²) in [7, 11) is 0. The molecule has 12 nitrogen and oxygen atoms in total. The van der Waals surface area contributed by atoms with Gasteiger partial charge in [0.25, 0.3) is 0 Å². The Kier molecular flexibility index (Phi) is 26.5. The van der Waals surface area contributed by atoms with Crippen LogP contribution in [0.5, 0.6) is 0 Å². The van der Waals surface area contributed by atoms with Crippen LogP contribution >= 0.6 is 23.5 Å². The Labute approximate surface area is 253 Å². The quantitative estimate of drug-likeness (QED) is 0.106. The number of nitrogens with zero attached hydrogens (tertiary/aromatic N) is 1. The topological polar surface area (TPSA) is 155 Å². The van der Waals surface area contributed by atoms with E-state index in [1.165, 1.54) is 28.4 Å². The average molecular weight is 622 g/mol. The van der Waals surface area contributed by atoms with Crippen molar-refractivity contribution in [3.8, 4) is 0 Å². The van der Waals surface area contributed by atoms with Gasteiger partial charge in [-0.3, -0.25) is 19.2 Å². The lowest BCUT2D eigenvalue weighted by molar-refractivity contribution is -0.121. The first-order valence-corrected chi connectivity index (χ1v) is 17.2. The van der Waals surface area contributed by atoms with Crippen LogP contribution in [0.3, 0.4) is 0 Å². The van der Waals surface area contributed by atoms with Crippen LogP contribution in [-0.4, -0.2) is 118 Å². The number of carbonyl (C=O) groups is 5. The van der Waals surface area contributed by atoms with Crippen molar-refractivity contribution in [1.82, 2.24) is 26.2 Å². The number of ether oxygens (including phenoxy) is 2. The number of carbonyl (C=O) groups excluding carboxylic acids is 5. The highest BCUT2D eigenvalue weighted by Gasteiger charge is 2.15. The summed E-state index contributed by atoms with van der Waals surface area (Å²) in [6.07, 6.45) is 8.71. The second-order valence-corrected chi connectivity index (χ2v) is 10.9. The Balaban J connectivity index is 4.26. The molecule has 0 saturated heterocycles. The summed E-state index contributed by atoms with van der Waals surface area (Å²) in [4.78, 5) is 61.2. The number of thioether (sulfide) groups is 2. The van der Waals surface area contributed by atoms with E-state index < -0.39 is 6.09 Å². The lowest BCUT2D eigenvalue weighted by Gasteiger charge is -2.22. The van der Waals surface area contributed by atoms with Gasteiger partial charge < -0.3 is 35.6 Å². The van der Waals surface area contributed by atoms with Crippen LogP contribution < -0.4 is 21.3 Å². The molecule has 0 aliphatic rings. The zero-order chi connectivity index (χ0) is 30.6. The summed E-state index contributed by atoms with van der Waals surface area (Å²) in [5.41, 5.74) is 0. The van der Waals surface area contributed by atoms with Crippen LogP contribution in [0.15, 0.2) is 0 Å². The normalized spacial score (nSPS) is 10.5.